The third-order valence-corrected chi connectivity index (χ3v) is 3.68. The molecule has 0 aromatic carbocycles. The SMILES string of the molecule is C=C(CN1CC(C)CC(C)C1C)C(=O)OCC. The number of nitrogens with zero attached hydrogens (tertiary/aromatic N) is 1. The standard InChI is InChI=1S/C14H25NO2/c1-6-17-14(16)12(4)9-15-8-10(2)7-11(3)13(15)5/h10-11,13H,4,6-9H2,1-3,5H3. The van der Waals surface area contributed by atoms with Gasteiger partial charge in [0.1, 0.15) is 0 Å². The van der Waals surface area contributed by atoms with Crippen molar-refractivity contribution in [2.24, 2.45) is 11.8 Å². The molecule has 0 aliphatic carbocycles. The number of rotatable bonds is 4. The van der Waals surface area contributed by atoms with E-state index >= 15 is 0 Å². The van der Waals surface area contributed by atoms with E-state index in [1.165, 1.54) is 6.42 Å². The summed E-state index contributed by atoms with van der Waals surface area (Å²) >= 11 is 0. The topological polar surface area (TPSA) is 29.5 Å². The lowest BCUT2D eigenvalue weighted by molar-refractivity contribution is -0.138. The summed E-state index contributed by atoms with van der Waals surface area (Å²) < 4.78 is 4.97. The van der Waals surface area contributed by atoms with Gasteiger partial charge in [0.15, 0.2) is 0 Å². The van der Waals surface area contributed by atoms with Gasteiger partial charge in [0.05, 0.1) is 6.61 Å². The number of carbonyl (C=O) groups is 1. The van der Waals surface area contributed by atoms with Crippen molar-refractivity contribution >= 4 is 5.97 Å². The van der Waals surface area contributed by atoms with Crippen LogP contribution in [0.3, 0.4) is 0 Å². The van der Waals surface area contributed by atoms with Crippen molar-refractivity contribution < 1.29 is 9.53 Å². The van der Waals surface area contributed by atoms with Gasteiger partial charge in [0, 0.05) is 24.7 Å². The summed E-state index contributed by atoms with van der Waals surface area (Å²) in [5.41, 5.74) is 0.569. The number of piperidine rings is 1. The van der Waals surface area contributed by atoms with Crippen molar-refractivity contribution in [1.82, 2.24) is 4.90 Å². The zero-order valence-corrected chi connectivity index (χ0v) is 11.5. The van der Waals surface area contributed by atoms with Gasteiger partial charge < -0.3 is 4.74 Å². The maximum atomic E-state index is 11.5. The smallest absolute Gasteiger partial charge is 0.334 e. The lowest BCUT2D eigenvalue weighted by atomic mass is 9.86. The van der Waals surface area contributed by atoms with Crippen LogP contribution in [-0.4, -0.2) is 36.6 Å². The molecule has 3 atom stereocenters. The number of hydrogen-bond acceptors (Lipinski definition) is 3. The van der Waals surface area contributed by atoms with Crippen LogP contribution in [0.2, 0.25) is 0 Å². The zero-order valence-electron chi connectivity index (χ0n) is 11.5. The highest BCUT2D eigenvalue weighted by Crippen LogP contribution is 2.27. The molecule has 1 heterocycles. The van der Waals surface area contributed by atoms with E-state index in [1.807, 2.05) is 6.92 Å². The minimum absolute atomic E-state index is 0.259. The monoisotopic (exact) mass is 239 g/mol. The predicted octanol–water partition coefficient (Wildman–Crippen LogP) is 2.47. The van der Waals surface area contributed by atoms with Crippen molar-refractivity contribution in [3.05, 3.63) is 12.2 Å². The second kappa shape index (κ2) is 6.20. The van der Waals surface area contributed by atoms with Crippen LogP contribution in [0.15, 0.2) is 12.2 Å². The Morgan fingerprint density at radius 1 is 1.41 bits per heavy atom. The van der Waals surface area contributed by atoms with Gasteiger partial charge in [-0.05, 0) is 32.1 Å². The summed E-state index contributed by atoms with van der Waals surface area (Å²) in [4.78, 5) is 13.9. The Hall–Kier alpha value is -0.830. The summed E-state index contributed by atoms with van der Waals surface area (Å²) in [7, 11) is 0. The number of likely N-dealkylation sites (tertiary alicyclic amines) is 1. The maximum absolute atomic E-state index is 11.5. The first-order valence-corrected chi connectivity index (χ1v) is 6.54. The third kappa shape index (κ3) is 3.84. The highest BCUT2D eigenvalue weighted by molar-refractivity contribution is 5.88. The molecule has 3 nitrogen and oxygen atoms in total. The van der Waals surface area contributed by atoms with Crippen LogP contribution < -0.4 is 0 Å². The molecule has 0 saturated carbocycles. The Balaban J connectivity index is 2.54. The van der Waals surface area contributed by atoms with Crippen LogP contribution in [0.25, 0.3) is 0 Å². The van der Waals surface area contributed by atoms with E-state index in [2.05, 4.69) is 32.3 Å². The number of carbonyl (C=O) groups excluding carboxylic acids is 1. The third-order valence-electron chi connectivity index (χ3n) is 3.68. The summed E-state index contributed by atoms with van der Waals surface area (Å²) in [6.45, 7) is 14.5. The van der Waals surface area contributed by atoms with Crippen molar-refractivity contribution in [2.45, 2.75) is 40.2 Å². The molecule has 0 aromatic heterocycles. The fraction of sp³-hybridized carbons (Fsp3) is 0.786. The molecule has 3 heteroatoms. The van der Waals surface area contributed by atoms with Gasteiger partial charge in [-0.2, -0.15) is 0 Å². The molecule has 0 N–H and O–H groups in total. The molecule has 1 aliphatic rings. The molecule has 0 aromatic rings. The van der Waals surface area contributed by atoms with Crippen molar-refractivity contribution in [1.29, 1.82) is 0 Å². The summed E-state index contributed by atoms with van der Waals surface area (Å²) in [6.07, 6.45) is 1.27. The molecule has 3 unspecified atom stereocenters. The molecule has 1 aliphatic heterocycles. The molecule has 1 saturated heterocycles. The first-order valence-electron chi connectivity index (χ1n) is 6.54. The van der Waals surface area contributed by atoms with Gasteiger partial charge >= 0.3 is 5.97 Å². The highest BCUT2D eigenvalue weighted by Gasteiger charge is 2.29. The van der Waals surface area contributed by atoms with E-state index < -0.39 is 0 Å². The van der Waals surface area contributed by atoms with Gasteiger partial charge in [-0.15, -0.1) is 0 Å². The van der Waals surface area contributed by atoms with E-state index in [4.69, 9.17) is 4.74 Å². The van der Waals surface area contributed by atoms with Gasteiger partial charge in [0.25, 0.3) is 0 Å². The van der Waals surface area contributed by atoms with E-state index in [-0.39, 0.29) is 5.97 Å². The fourth-order valence-electron chi connectivity index (χ4n) is 2.58. The van der Waals surface area contributed by atoms with Crippen molar-refractivity contribution in [3.63, 3.8) is 0 Å². The molecular formula is C14H25NO2. The lowest BCUT2D eigenvalue weighted by Gasteiger charge is -2.41. The Bertz CT molecular complexity index is 288. The van der Waals surface area contributed by atoms with E-state index in [0.29, 0.717) is 36.6 Å². The minimum Gasteiger partial charge on any atom is -0.463 e. The lowest BCUT2D eigenvalue weighted by Crippen LogP contribution is -2.46. The Morgan fingerprint density at radius 2 is 2.06 bits per heavy atom. The fourth-order valence-corrected chi connectivity index (χ4v) is 2.58. The van der Waals surface area contributed by atoms with Crippen LogP contribution in [-0.2, 0) is 9.53 Å². The van der Waals surface area contributed by atoms with Crippen LogP contribution >= 0.6 is 0 Å². The molecule has 0 radical (unpaired) electrons. The molecule has 98 valence electrons. The summed E-state index contributed by atoms with van der Waals surface area (Å²) in [5, 5.41) is 0. The average Bonchev–Trinajstić information content (AvgIpc) is 2.25. The quantitative estimate of drug-likeness (QED) is 0.557. The van der Waals surface area contributed by atoms with E-state index in [1.54, 1.807) is 0 Å². The minimum atomic E-state index is -0.259. The first kappa shape index (κ1) is 14.2. The second-order valence-electron chi connectivity index (χ2n) is 5.31. The second-order valence-corrected chi connectivity index (χ2v) is 5.31. The van der Waals surface area contributed by atoms with Crippen LogP contribution in [0.1, 0.15) is 34.1 Å². The van der Waals surface area contributed by atoms with Crippen molar-refractivity contribution in [2.75, 3.05) is 19.7 Å². The van der Waals surface area contributed by atoms with Gasteiger partial charge in [0.2, 0.25) is 0 Å². The molecule has 0 amide bonds. The Labute approximate surface area is 105 Å². The van der Waals surface area contributed by atoms with Gasteiger partial charge in [-0.3, -0.25) is 4.90 Å². The summed E-state index contributed by atoms with van der Waals surface area (Å²) in [6, 6.07) is 0.511. The normalized spacial score (nSPS) is 30.0. The number of ether oxygens (including phenoxy) is 1. The highest BCUT2D eigenvalue weighted by atomic mass is 16.5. The van der Waals surface area contributed by atoms with Crippen LogP contribution in [0.4, 0.5) is 0 Å². The van der Waals surface area contributed by atoms with Crippen LogP contribution in [0, 0.1) is 11.8 Å². The molecular weight excluding hydrogens is 214 g/mol. The summed E-state index contributed by atoms with van der Waals surface area (Å²) in [5.74, 6) is 1.11. The van der Waals surface area contributed by atoms with Gasteiger partial charge in [-0.25, -0.2) is 4.79 Å². The van der Waals surface area contributed by atoms with Crippen LogP contribution in [0.5, 0.6) is 0 Å². The largest absolute Gasteiger partial charge is 0.463 e. The Kier molecular flexibility index (Phi) is 5.19. The number of hydrogen-bond donors (Lipinski definition) is 0. The average molecular weight is 239 g/mol. The van der Waals surface area contributed by atoms with Gasteiger partial charge in [-0.1, -0.05) is 20.4 Å². The number of esters is 1. The predicted molar refractivity (Wildman–Crippen MR) is 69.8 cm³/mol. The maximum Gasteiger partial charge on any atom is 0.334 e. The molecule has 1 rings (SSSR count). The zero-order chi connectivity index (χ0) is 13.0. The van der Waals surface area contributed by atoms with E-state index in [0.717, 1.165) is 6.54 Å². The van der Waals surface area contributed by atoms with E-state index in [9.17, 15) is 4.79 Å². The first-order chi connectivity index (χ1) is 7.95. The molecule has 1 fully saturated rings. The van der Waals surface area contributed by atoms with Crippen molar-refractivity contribution in [3.8, 4) is 0 Å². The Morgan fingerprint density at radius 3 is 2.65 bits per heavy atom. The molecule has 17 heavy (non-hydrogen) atoms. The molecule has 0 bridgehead atoms. The molecule has 0 spiro atoms.